The number of benzene rings is 1. The van der Waals surface area contributed by atoms with Gasteiger partial charge >= 0.3 is 5.97 Å². The first kappa shape index (κ1) is 12.6. The second kappa shape index (κ2) is 5.26. The largest absolute Gasteiger partial charge is 0.475 e. The highest BCUT2D eigenvalue weighted by Gasteiger charge is 2.15. The van der Waals surface area contributed by atoms with E-state index in [1.165, 1.54) is 6.26 Å². The van der Waals surface area contributed by atoms with Crippen molar-refractivity contribution in [2.75, 3.05) is 6.79 Å². The molecule has 1 aromatic heterocycles. The van der Waals surface area contributed by atoms with Crippen LogP contribution in [0.5, 0.6) is 11.5 Å². The summed E-state index contributed by atoms with van der Waals surface area (Å²) < 4.78 is 20.9. The Morgan fingerprint density at radius 1 is 1.20 bits per heavy atom. The maximum atomic E-state index is 10.9. The molecule has 1 aliphatic heterocycles. The Kier molecular flexibility index (Phi) is 3.30. The molecular weight excluding hydrogens is 264 g/mol. The van der Waals surface area contributed by atoms with Gasteiger partial charge in [0.15, 0.2) is 11.5 Å². The zero-order valence-electron chi connectivity index (χ0n) is 10.5. The zero-order valence-corrected chi connectivity index (χ0v) is 10.5. The fraction of sp³-hybridized carbons (Fsp3) is 0.214. The topological polar surface area (TPSA) is 78.1 Å². The highest BCUT2D eigenvalue weighted by atomic mass is 16.7. The van der Waals surface area contributed by atoms with Crippen molar-refractivity contribution in [1.82, 2.24) is 0 Å². The molecule has 104 valence electrons. The van der Waals surface area contributed by atoms with Crippen molar-refractivity contribution < 1.29 is 28.5 Å². The number of hydrogen-bond donors (Lipinski definition) is 1. The van der Waals surface area contributed by atoms with Crippen molar-refractivity contribution in [3.05, 3.63) is 47.4 Å². The average molecular weight is 276 g/mol. The maximum absolute atomic E-state index is 10.9. The van der Waals surface area contributed by atoms with Crippen LogP contribution < -0.4 is 9.47 Å². The standard InChI is InChI=1S/C14H12O6/c15-14(16)13-10(3-4-18-13)7-17-6-9-1-2-11-12(5-9)20-8-19-11/h1-5H,6-8H2,(H,15,16). The number of carboxylic acid groups (broad SMARTS) is 1. The normalized spacial score (nSPS) is 12.6. The van der Waals surface area contributed by atoms with Gasteiger partial charge in [0.2, 0.25) is 12.6 Å². The van der Waals surface area contributed by atoms with Crippen LogP contribution in [0.15, 0.2) is 34.9 Å². The van der Waals surface area contributed by atoms with E-state index in [4.69, 9.17) is 23.7 Å². The van der Waals surface area contributed by atoms with Crippen molar-refractivity contribution in [1.29, 1.82) is 0 Å². The summed E-state index contributed by atoms with van der Waals surface area (Å²) in [6.45, 7) is 0.754. The van der Waals surface area contributed by atoms with E-state index in [0.717, 1.165) is 11.3 Å². The Bertz CT molecular complexity index is 630. The molecule has 0 bridgehead atoms. The summed E-state index contributed by atoms with van der Waals surface area (Å²) in [6.07, 6.45) is 1.34. The molecule has 1 aromatic carbocycles. The van der Waals surface area contributed by atoms with Crippen LogP contribution in [0, 0.1) is 0 Å². The second-order valence-electron chi connectivity index (χ2n) is 4.26. The van der Waals surface area contributed by atoms with Gasteiger partial charge in [-0.2, -0.15) is 0 Å². The van der Waals surface area contributed by atoms with Crippen LogP contribution >= 0.6 is 0 Å². The molecule has 0 aliphatic carbocycles. The Hall–Kier alpha value is -2.47. The van der Waals surface area contributed by atoms with E-state index in [2.05, 4.69) is 0 Å². The van der Waals surface area contributed by atoms with Gasteiger partial charge in [0.05, 0.1) is 19.5 Å². The van der Waals surface area contributed by atoms with E-state index >= 15 is 0 Å². The van der Waals surface area contributed by atoms with Gasteiger partial charge in [-0.1, -0.05) is 6.07 Å². The number of carboxylic acids is 1. The molecule has 0 saturated carbocycles. The molecule has 0 fully saturated rings. The smallest absolute Gasteiger partial charge is 0.372 e. The third-order valence-corrected chi connectivity index (χ3v) is 2.90. The van der Waals surface area contributed by atoms with E-state index in [1.54, 1.807) is 6.07 Å². The van der Waals surface area contributed by atoms with Gasteiger partial charge in [-0.15, -0.1) is 0 Å². The number of rotatable bonds is 5. The maximum Gasteiger partial charge on any atom is 0.372 e. The summed E-state index contributed by atoms with van der Waals surface area (Å²) in [6, 6.07) is 7.13. The number of fused-ring (bicyclic) bond motifs is 1. The lowest BCUT2D eigenvalue weighted by Gasteiger charge is -2.05. The first-order valence-electron chi connectivity index (χ1n) is 6.00. The molecule has 0 unspecified atom stereocenters. The molecule has 0 radical (unpaired) electrons. The predicted octanol–water partition coefficient (Wildman–Crippen LogP) is 2.42. The molecular formula is C14H12O6. The number of aromatic carboxylic acids is 1. The number of ether oxygens (including phenoxy) is 3. The zero-order chi connectivity index (χ0) is 13.9. The third kappa shape index (κ3) is 2.46. The Morgan fingerprint density at radius 2 is 2.05 bits per heavy atom. The van der Waals surface area contributed by atoms with Crippen LogP contribution in [-0.2, 0) is 18.0 Å². The minimum absolute atomic E-state index is 0.0873. The van der Waals surface area contributed by atoms with Gasteiger partial charge in [0.1, 0.15) is 0 Å². The van der Waals surface area contributed by atoms with Crippen LogP contribution in [-0.4, -0.2) is 17.9 Å². The monoisotopic (exact) mass is 276 g/mol. The summed E-state index contributed by atoms with van der Waals surface area (Å²) in [5, 5.41) is 8.90. The van der Waals surface area contributed by atoms with Gasteiger partial charge in [0.25, 0.3) is 0 Å². The van der Waals surface area contributed by atoms with Crippen LogP contribution in [0.2, 0.25) is 0 Å². The van der Waals surface area contributed by atoms with Gasteiger partial charge in [-0.25, -0.2) is 4.79 Å². The van der Waals surface area contributed by atoms with Crippen LogP contribution in [0.25, 0.3) is 0 Å². The fourth-order valence-corrected chi connectivity index (χ4v) is 1.95. The third-order valence-electron chi connectivity index (χ3n) is 2.90. The first-order valence-corrected chi connectivity index (χ1v) is 6.00. The summed E-state index contributed by atoms with van der Waals surface area (Å²) in [5.74, 6) is 0.227. The van der Waals surface area contributed by atoms with E-state index in [9.17, 15) is 4.79 Å². The van der Waals surface area contributed by atoms with E-state index in [0.29, 0.717) is 17.9 Å². The molecule has 1 N–H and O–H groups in total. The first-order chi connectivity index (χ1) is 9.74. The number of furan rings is 1. The molecule has 3 rings (SSSR count). The minimum Gasteiger partial charge on any atom is -0.475 e. The molecule has 0 amide bonds. The summed E-state index contributed by atoms with van der Waals surface area (Å²) in [5.41, 5.74) is 1.44. The molecule has 6 nitrogen and oxygen atoms in total. The molecule has 0 spiro atoms. The van der Waals surface area contributed by atoms with Gasteiger partial charge in [0, 0.05) is 5.56 Å². The van der Waals surface area contributed by atoms with E-state index in [1.807, 2.05) is 18.2 Å². The number of carbonyl (C=O) groups is 1. The highest BCUT2D eigenvalue weighted by Crippen LogP contribution is 2.32. The lowest BCUT2D eigenvalue weighted by Crippen LogP contribution is -2.01. The summed E-state index contributed by atoms with van der Waals surface area (Å²) >= 11 is 0. The molecule has 1 aliphatic rings. The number of hydrogen-bond acceptors (Lipinski definition) is 5. The van der Waals surface area contributed by atoms with E-state index < -0.39 is 5.97 Å². The average Bonchev–Trinajstić information content (AvgIpc) is 3.06. The molecule has 6 heteroatoms. The highest BCUT2D eigenvalue weighted by molar-refractivity contribution is 5.85. The molecule has 0 saturated heterocycles. The lowest BCUT2D eigenvalue weighted by atomic mass is 10.2. The van der Waals surface area contributed by atoms with Crippen molar-refractivity contribution >= 4 is 5.97 Å². The lowest BCUT2D eigenvalue weighted by molar-refractivity contribution is 0.0646. The summed E-state index contributed by atoms with van der Waals surface area (Å²) in [7, 11) is 0. The predicted molar refractivity (Wildman–Crippen MR) is 66.7 cm³/mol. The summed E-state index contributed by atoms with van der Waals surface area (Å²) in [4.78, 5) is 10.9. The van der Waals surface area contributed by atoms with Crippen molar-refractivity contribution in [2.24, 2.45) is 0 Å². The Morgan fingerprint density at radius 3 is 2.90 bits per heavy atom. The molecule has 2 heterocycles. The van der Waals surface area contributed by atoms with Crippen LogP contribution in [0.3, 0.4) is 0 Å². The molecule has 20 heavy (non-hydrogen) atoms. The van der Waals surface area contributed by atoms with E-state index in [-0.39, 0.29) is 19.2 Å². The quantitative estimate of drug-likeness (QED) is 0.903. The van der Waals surface area contributed by atoms with Gasteiger partial charge in [-0.3, -0.25) is 0 Å². The van der Waals surface area contributed by atoms with Crippen LogP contribution in [0.4, 0.5) is 0 Å². The SMILES string of the molecule is O=C(O)c1occc1COCc1ccc2c(c1)OCO2. The Labute approximate surface area is 114 Å². The van der Waals surface area contributed by atoms with Crippen molar-refractivity contribution in [3.63, 3.8) is 0 Å². The molecule has 0 atom stereocenters. The second-order valence-corrected chi connectivity index (χ2v) is 4.26. The van der Waals surface area contributed by atoms with Crippen LogP contribution in [0.1, 0.15) is 21.7 Å². The Balaban J connectivity index is 1.60. The van der Waals surface area contributed by atoms with Gasteiger partial charge < -0.3 is 23.7 Å². The van der Waals surface area contributed by atoms with Crippen molar-refractivity contribution in [3.8, 4) is 11.5 Å². The fourth-order valence-electron chi connectivity index (χ4n) is 1.95. The van der Waals surface area contributed by atoms with Gasteiger partial charge in [-0.05, 0) is 23.8 Å². The molecule has 2 aromatic rings. The van der Waals surface area contributed by atoms with Crippen molar-refractivity contribution in [2.45, 2.75) is 13.2 Å². The minimum atomic E-state index is -1.10.